The highest BCUT2D eigenvalue weighted by Gasteiger charge is 2.27. The Balaban J connectivity index is 2.07. The van der Waals surface area contributed by atoms with Gasteiger partial charge in [-0.25, -0.2) is 9.59 Å². The van der Waals surface area contributed by atoms with Gasteiger partial charge in [0, 0.05) is 27.3 Å². The van der Waals surface area contributed by atoms with Crippen LogP contribution in [0.5, 0.6) is 0 Å². The maximum Gasteiger partial charge on any atom is 0.347 e. The van der Waals surface area contributed by atoms with Gasteiger partial charge >= 0.3 is 11.9 Å². The summed E-state index contributed by atoms with van der Waals surface area (Å²) in [5.41, 5.74) is 2.76. The molecule has 0 saturated carbocycles. The molecule has 2 rings (SSSR count). The Labute approximate surface area is 185 Å². The molecule has 1 fully saturated rings. The Morgan fingerprint density at radius 1 is 1.29 bits per heavy atom. The second-order valence-corrected chi connectivity index (χ2v) is 8.87. The summed E-state index contributed by atoms with van der Waals surface area (Å²) in [7, 11) is 0. The molecule has 28 heavy (non-hydrogen) atoms. The molecular formula is C21H27ClINO4. The van der Waals surface area contributed by atoms with Crippen molar-refractivity contribution >= 4 is 51.8 Å². The number of anilines is 1. The molecule has 1 saturated heterocycles. The molecule has 0 amide bonds. The summed E-state index contributed by atoms with van der Waals surface area (Å²) < 4.78 is 11.6. The highest BCUT2D eigenvalue weighted by Crippen LogP contribution is 2.32. The van der Waals surface area contributed by atoms with Crippen LogP contribution in [0.2, 0.25) is 5.02 Å². The molecule has 5 nitrogen and oxygen atoms in total. The molecule has 154 valence electrons. The highest BCUT2D eigenvalue weighted by molar-refractivity contribution is 14.1. The van der Waals surface area contributed by atoms with E-state index in [1.54, 1.807) is 6.92 Å². The zero-order valence-electron chi connectivity index (χ0n) is 16.8. The molecule has 0 radical (unpaired) electrons. The van der Waals surface area contributed by atoms with Crippen molar-refractivity contribution in [3.8, 4) is 0 Å². The van der Waals surface area contributed by atoms with E-state index in [1.807, 2.05) is 39.0 Å². The van der Waals surface area contributed by atoms with Gasteiger partial charge in [0.2, 0.25) is 0 Å². The molecule has 0 spiro atoms. The van der Waals surface area contributed by atoms with Crippen LogP contribution in [0.3, 0.4) is 0 Å². The van der Waals surface area contributed by atoms with Gasteiger partial charge in [0.25, 0.3) is 0 Å². The number of hydrogen-bond acceptors (Lipinski definition) is 5. The van der Waals surface area contributed by atoms with E-state index in [2.05, 4.69) is 27.5 Å². The van der Waals surface area contributed by atoms with Crippen molar-refractivity contribution < 1.29 is 19.1 Å². The van der Waals surface area contributed by atoms with Crippen molar-refractivity contribution in [2.75, 3.05) is 24.6 Å². The lowest BCUT2D eigenvalue weighted by atomic mass is 10.1. The van der Waals surface area contributed by atoms with Crippen LogP contribution in [0.4, 0.5) is 5.69 Å². The molecule has 1 aliphatic heterocycles. The van der Waals surface area contributed by atoms with Crippen molar-refractivity contribution in [1.29, 1.82) is 0 Å². The Morgan fingerprint density at radius 3 is 2.64 bits per heavy atom. The predicted octanol–water partition coefficient (Wildman–Crippen LogP) is 4.99. The van der Waals surface area contributed by atoms with Gasteiger partial charge in [-0.3, -0.25) is 0 Å². The van der Waals surface area contributed by atoms with E-state index in [0.29, 0.717) is 30.2 Å². The summed E-state index contributed by atoms with van der Waals surface area (Å²) in [6.45, 7) is 9.17. The first-order valence-corrected chi connectivity index (χ1v) is 11.0. The molecule has 0 aliphatic carbocycles. The molecule has 7 heteroatoms. The topological polar surface area (TPSA) is 55.8 Å². The third-order valence-corrected chi connectivity index (χ3v) is 5.66. The SMILES string of the molecule is CC/C(C(=O)O[C@H](C)C(=O)OCC(C)C)=C1/CCN(c2cc(Cl)ccc2I)C1. The second kappa shape index (κ2) is 10.5. The van der Waals surface area contributed by atoms with E-state index in [0.717, 1.165) is 27.8 Å². The van der Waals surface area contributed by atoms with Gasteiger partial charge in [0.15, 0.2) is 6.10 Å². The van der Waals surface area contributed by atoms with E-state index in [4.69, 9.17) is 21.1 Å². The lowest BCUT2D eigenvalue weighted by Gasteiger charge is -2.20. The fourth-order valence-corrected chi connectivity index (χ4v) is 3.87. The van der Waals surface area contributed by atoms with Crippen molar-refractivity contribution in [2.24, 2.45) is 5.92 Å². The first kappa shape index (κ1) is 23.0. The van der Waals surface area contributed by atoms with E-state index >= 15 is 0 Å². The van der Waals surface area contributed by atoms with Gasteiger partial charge in [0.05, 0.1) is 12.3 Å². The van der Waals surface area contributed by atoms with E-state index in [9.17, 15) is 9.59 Å². The van der Waals surface area contributed by atoms with Crippen LogP contribution in [0.25, 0.3) is 0 Å². The van der Waals surface area contributed by atoms with Crippen LogP contribution in [-0.2, 0) is 19.1 Å². The maximum atomic E-state index is 12.6. The number of esters is 2. The molecule has 0 unspecified atom stereocenters. The predicted molar refractivity (Wildman–Crippen MR) is 120 cm³/mol. The van der Waals surface area contributed by atoms with Crippen LogP contribution in [-0.4, -0.2) is 37.7 Å². The normalized spacial score (nSPS) is 16.9. The average Bonchev–Trinajstić information content (AvgIpc) is 3.11. The number of hydrogen-bond donors (Lipinski definition) is 0. The molecular weight excluding hydrogens is 493 g/mol. The third-order valence-electron chi connectivity index (χ3n) is 4.52. The van der Waals surface area contributed by atoms with Gasteiger partial charge in [-0.15, -0.1) is 0 Å². The molecule has 1 aromatic rings. The van der Waals surface area contributed by atoms with Crippen LogP contribution >= 0.6 is 34.2 Å². The number of ether oxygens (including phenoxy) is 2. The van der Waals surface area contributed by atoms with Crippen molar-refractivity contribution in [2.45, 2.75) is 46.6 Å². The molecule has 1 atom stereocenters. The minimum atomic E-state index is -0.917. The Bertz CT molecular complexity index is 763. The summed E-state index contributed by atoms with van der Waals surface area (Å²) in [6.07, 6.45) is 0.426. The van der Waals surface area contributed by atoms with Crippen molar-refractivity contribution in [1.82, 2.24) is 0 Å². The fourth-order valence-electron chi connectivity index (χ4n) is 3.02. The standard InChI is InChI=1S/C21H27ClINO4/c1-5-17(21(26)28-14(4)20(25)27-12-13(2)3)15-8-9-24(11-15)19-10-16(22)6-7-18(19)23/h6-7,10,13-14H,5,8-9,11-12H2,1-4H3/b17-15+/t14-/m1/s1. The van der Waals surface area contributed by atoms with Crippen LogP contribution in [0, 0.1) is 9.49 Å². The Hall–Kier alpha value is -1.28. The third kappa shape index (κ3) is 6.11. The summed E-state index contributed by atoms with van der Waals surface area (Å²) in [4.78, 5) is 26.8. The van der Waals surface area contributed by atoms with Gasteiger partial charge in [0.1, 0.15) is 0 Å². The van der Waals surface area contributed by atoms with Crippen molar-refractivity contribution in [3.05, 3.63) is 37.9 Å². The summed E-state index contributed by atoms with van der Waals surface area (Å²) in [6, 6.07) is 5.80. The zero-order valence-corrected chi connectivity index (χ0v) is 19.7. The molecule has 0 bridgehead atoms. The van der Waals surface area contributed by atoms with Gasteiger partial charge in [-0.1, -0.05) is 32.4 Å². The smallest absolute Gasteiger partial charge is 0.347 e. The molecule has 0 aromatic heterocycles. The summed E-state index contributed by atoms with van der Waals surface area (Å²) in [5.74, 6) is -0.711. The quantitative estimate of drug-likeness (QED) is 0.289. The largest absolute Gasteiger partial charge is 0.463 e. The molecule has 1 heterocycles. The molecule has 1 aliphatic rings. The van der Waals surface area contributed by atoms with E-state index in [1.165, 1.54) is 0 Å². The summed E-state index contributed by atoms with van der Waals surface area (Å²) in [5, 5.41) is 0.691. The first-order valence-electron chi connectivity index (χ1n) is 9.51. The molecule has 1 aromatic carbocycles. The van der Waals surface area contributed by atoms with Crippen LogP contribution in [0.1, 0.15) is 40.5 Å². The van der Waals surface area contributed by atoms with Gasteiger partial charge in [-0.05, 0) is 72.0 Å². The monoisotopic (exact) mass is 519 g/mol. The van der Waals surface area contributed by atoms with E-state index < -0.39 is 18.0 Å². The highest BCUT2D eigenvalue weighted by atomic mass is 127. The fraction of sp³-hybridized carbons (Fsp3) is 0.524. The number of rotatable bonds is 7. The first-order chi connectivity index (χ1) is 13.2. The van der Waals surface area contributed by atoms with Crippen LogP contribution in [0.15, 0.2) is 29.3 Å². The van der Waals surface area contributed by atoms with Gasteiger partial charge < -0.3 is 14.4 Å². The minimum absolute atomic E-state index is 0.235. The van der Waals surface area contributed by atoms with Crippen molar-refractivity contribution in [3.63, 3.8) is 0 Å². The maximum absolute atomic E-state index is 12.6. The average molecular weight is 520 g/mol. The number of carbonyl (C=O) groups excluding carboxylic acids is 2. The molecule has 0 N–H and O–H groups in total. The Kier molecular flexibility index (Phi) is 8.61. The number of nitrogens with zero attached hydrogens (tertiary/aromatic N) is 1. The number of halogens is 2. The number of carbonyl (C=O) groups is 2. The Morgan fingerprint density at radius 2 is 2.00 bits per heavy atom. The second-order valence-electron chi connectivity index (χ2n) is 7.27. The van der Waals surface area contributed by atoms with Gasteiger partial charge in [-0.2, -0.15) is 0 Å². The lowest BCUT2D eigenvalue weighted by molar-refractivity contribution is -0.165. The van der Waals surface area contributed by atoms with Crippen LogP contribution < -0.4 is 4.90 Å². The zero-order chi connectivity index (χ0) is 20.8. The minimum Gasteiger partial charge on any atom is -0.463 e. The van der Waals surface area contributed by atoms with E-state index in [-0.39, 0.29) is 5.92 Å². The summed E-state index contributed by atoms with van der Waals surface area (Å²) >= 11 is 8.43. The lowest BCUT2D eigenvalue weighted by Crippen LogP contribution is -2.28. The number of benzene rings is 1.